The van der Waals surface area contributed by atoms with E-state index in [4.69, 9.17) is 4.74 Å². The zero-order chi connectivity index (χ0) is 19.9. The van der Waals surface area contributed by atoms with E-state index in [2.05, 4.69) is 5.32 Å². The molecule has 0 bridgehead atoms. The third-order valence-electron chi connectivity index (χ3n) is 4.46. The summed E-state index contributed by atoms with van der Waals surface area (Å²) in [6.45, 7) is -0.161. The van der Waals surface area contributed by atoms with Gasteiger partial charge in [-0.25, -0.2) is 4.79 Å². The summed E-state index contributed by atoms with van der Waals surface area (Å²) in [5.41, 5.74) is 1.07. The molecule has 9 heteroatoms. The lowest BCUT2D eigenvalue weighted by atomic mass is 9.96. The standard InChI is InChI=1S/C18H24F3N3O3/c1-27-15-4-2-13(3-5-15)6-9-22-17(26)24-10-7-14(8-11-24)16(25)23-12-18(19,20)21/h2-5,14H,6-12H2,1H3,(H,22,26)(H,23,25). The van der Waals surface area contributed by atoms with Crippen molar-refractivity contribution in [2.24, 2.45) is 5.92 Å². The molecule has 1 aromatic carbocycles. The van der Waals surface area contributed by atoms with Crippen LogP contribution < -0.4 is 15.4 Å². The first-order valence-corrected chi connectivity index (χ1v) is 8.78. The van der Waals surface area contributed by atoms with Crippen molar-refractivity contribution in [2.75, 3.05) is 33.3 Å². The summed E-state index contributed by atoms with van der Waals surface area (Å²) in [4.78, 5) is 25.5. The summed E-state index contributed by atoms with van der Waals surface area (Å²) >= 11 is 0. The molecule has 0 atom stereocenters. The van der Waals surface area contributed by atoms with E-state index >= 15 is 0 Å². The molecule has 27 heavy (non-hydrogen) atoms. The summed E-state index contributed by atoms with van der Waals surface area (Å²) in [7, 11) is 1.60. The van der Waals surface area contributed by atoms with Crippen LogP contribution in [0, 0.1) is 5.92 Å². The van der Waals surface area contributed by atoms with E-state index in [0.717, 1.165) is 11.3 Å². The van der Waals surface area contributed by atoms with Crippen LogP contribution in [0.25, 0.3) is 0 Å². The second kappa shape index (κ2) is 9.48. The number of hydrogen-bond acceptors (Lipinski definition) is 3. The van der Waals surface area contributed by atoms with E-state index in [-0.39, 0.29) is 6.03 Å². The number of rotatable bonds is 6. The maximum Gasteiger partial charge on any atom is 0.405 e. The lowest BCUT2D eigenvalue weighted by molar-refractivity contribution is -0.141. The minimum Gasteiger partial charge on any atom is -0.497 e. The Kier molecular flexibility index (Phi) is 7.32. The molecule has 0 unspecified atom stereocenters. The van der Waals surface area contributed by atoms with Gasteiger partial charge in [-0.05, 0) is 37.0 Å². The number of piperidine rings is 1. The molecule has 2 rings (SSSR count). The number of likely N-dealkylation sites (tertiary alicyclic amines) is 1. The number of nitrogens with one attached hydrogen (secondary N) is 2. The molecular formula is C18H24F3N3O3. The number of amides is 3. The third kappa shape index (κ3) is 6.99. The van der Waals surface area contributed by atoms with E-state index in [1.165, 1.54) is 0 Å². The van der Waals surface area contributed by atoms with E-state index in [1.54, 1.807) is 12.0 Å². The highest BCUT2D eigenvalue weighted by Gasteiger charge is 2.31. The Hall–Kier alpha value is -2.45. The largest absolute Gasteiger partial charge is 0.497 e. The number of alkyl halides is 3. The zero-order valence-corrected chi connectivity index (χ0v) is 15.1. The molecule has 2 N–H and O–H groups in total. The Bertz CT molecular complexity index is 627. The molecule has 1 aliphatic heterocycles. The first-order chi connectivity index (χ1) is 12.8. The molecule has 1 aliphatic rings. The van der Waals surface area contributed by atoms with Gasteiger partial charge in [-0.2, -0.15) is 13.2 Å². The maximum absolute atomic E-state index is 12.2. The SMILES string of the molecule is COc1ccc(CCNC(=O)N2CCC(C(=O)NCC(F)(F)F)CC2)cc1. The average Bonchev–Trinajstić information content (AvgIpc) is 2.66. The number of carbonyl (C=O) groups excluding carboxylic acids is 2. The van der Waals surface area contributed by atoms with Crippen LogP contribution in [0.15, 0.2) is 24.3 Å². The van der Waals surface area contributed by atoms with E-state index in [0.29, 0.717) is 38.9 Å². The molecule has 0 saturated carbocycles. The van der Waals surface area contributed by atoms with Gasteiger partial charge in [-0.3, -0.25) is 4.79 Å². The minimum atomic E-state index is -4.42. The van der Waals surface area contributed by atoms with Crippen LogP contribution in [-0.4, -0.2) is 56.3 Å². The molecule has 0 aliphatic carbocycles. The second-order valence-electron chi connectivity index (χ2n) is 6.42. The zero-order valence-electron chi connectivity index (χ0n) is 15.1. The van der Waals surface area contributed by atoms with Gasteiger partial charge in [-0.1, -0.05) is 12.1 Å². The number of halogens is 3. The van der Waals surface area contributed by atoms with Crippen LogP contribution in [0.2, 0.25) is 0 Å². The summed E-state index contributed by atoms with van der Waals surface area (Å²) in [6.07, 6.45) is -3.03. The molecule has 3 amide bonds. The van der Waals surface area contributed by atoms with Crippen molar-refractivity contribution in [2.45, 2.75) is 25.4 Å². The summed E-state index contributed by atoms with van der Waals surface area (Å²) < 4.78 is 41.5. The molecular weight excluding hydrogens is 363 g/mol. The molecule has 0 aromatic heterocycles. The molecule has 6 nitrogen and oxygen atoms in total. The van der Waals surface area contributed by atoms with Gasteiger partial charge >= 0.3 is 12.2 Å². The highest BCUT2D eigenvalue weighted by atomic mass is 19.4. The predicted molar refractivity (Wildman–Crippen MR) is 93.5 cm³/mol. The van der Waals surface area contributed by atoms with Crippen LogP contribution in [0.4, 0.5) is 18.0 Å². The number of benzene rings is 1. The Labute approximate surface area is 156 Å². The Morgan fingerprint density at radius 2 is 1.78 bits per heavy atom. The molecule has 1 saturated heterocycles. The lowest BCUT2D eigenvalue weighted by Gasteiger charge is -2.31. The average molecular weight is 387 g/mol. The molecule has 150 valence electrons. The predicted octanol–water partition coefficient (Wildman–Crippen LogP) is 2.34. The van der Waals surface area contributed by atoms with Crippen molar-refractivity contribution in [3.63, 3.8) is 0 Å². The Balaban J connectivity index is 1.67. The van der Waals surface area contributed by atoms with Crippen molar-refractivity contribution in [1.29, 1.82) is 0 Å². The van der Waals surface area contributed by atoms with Crippen LogP contribution in [0.3, 0.4) is 0 Å². The highest BCUT2D eigenvalue weighted by Crippen LogP contribution is 2.19. The van der Waals surface area contributed by atoms with Gasteiger partial charge in [0.05, 0.1) is 7.11 Å². The fourth-order valence-electron chi connectivity index (χ4n) is 2.89. The van der Waals surface area contributed by atoms with Crippen LogP contribution in [-0.2, 0) is 11.2 Å². The summed E-state index contributed by atoms with van der Waals surface area (Å²) in [6, 6.07) is 7.33. The second-order valence-corrected chi connectivity index (χ2v) is 6.42. The maximum atomic E-state index is 12.2. The monoisotopic (exact) mass is 387 g/mol. The fraction of sp³-hybridized carbons (Fsp3) is 0.556. The molecule has 0 radical (unpaired) electrons. The lowest BCUT2D eigenvalue weighted by Crippen LogP contribution is -2.48. The van der Waals surface area contributed by atoms with E-state index in [1.807, 2.05) is 29.6 Å². The van der Waals surface area contributed by atoms with Gasteiger partial charge in [0.15, 0.2) is 0 Å². The molecule has 1 aromatic rings. The summed E-state index contributed by atoms with van der Waals surface area (Å²) in [5.74, 6) is -0.326. The Morgan fingerprint density at radius 1 is 1.15 bits per heavy atom. The van der Waals surface area contributed by atoms with Gasteiger partial charge in [0.2, 0.25) is 5.91 Å². The number of urea groups is 1. The summed E-state index contributed by atoms with van der Waals surface area (Å²) in [5, 5.41) is 4.73. The van der Waals surface area contributed by atoms with Crippen molar-refractivity contribution >= 4 is 11.9 Å². The van der Waals surface area contributed by atoms with Crippen LogP contribution in [0.5, 0.6) is 5.75 Å². The topological polar surface area (TPSA) is 70.7 Å². The number of carbonyl (C=O) groups is 2. The van der Waals surface area contributed by atoms with Crippen molar-refractivity contribution in [3.05, 3.63) is 29.8 Å². The van der Waals surface area contributed by atoms with E-state index in [9.17, 15) is 22.8 Å². The third-order valence-corrected chi connectivity index (χ3v) is 4.46. The van der Waals surface area contributed by atoms with Crippen LogP contribution >= 0.6 is 0 Å². The normalized spacial score (nSPS) is 15.3. The van der Waals surface area contributed by atoms with Gasteiger partial charge < -0.3 is 20.3 Å². The van der Waals surface area contributed by atoms with Gasteiger partial charge in [0, 0.05) is 25.6 Å². The smallest absolute Gasteiger partial charge is 0.405 e. The van der Waals surface area contributed by atoms with Gasteiger partial charge in [0.25, 0.3) is 0 Å². The van der Waals surface area contributed by atoms with E-state index < -0.39 is 24.5 Å². The van der Waals surface area contributed by atoms with Crippen molar-refractivity contribution in [3.8, 4) is 5.75 Å². The number of hydrogen-bond donors (Lipinski definition) is 2. The van der Waals surface area contributed by atoms with Crippen molar-refractivity contribution < 1.29 is 27.5 Å². The fourth-order valence-corrected chi connectivity index (χ4v) is 2.89. The van der Waals surface area contributed by atoms with Gasteiger partial charge in [0.1, 0.15) is 12.3 Å². The van der Waals surface area contributed by atoms with Crippen LogP contribution in [0.1, 0.15) is 18.4 Å². The quantitative estimate of drug-likeness (QED) is 0.787. The molecule has 0 spiro atoms. The van der Waals surface area contributed by atoms with Crippen molar-refractivity contribution in [1.82, 2.24) is 15.5 Å². The molecule has 1 fully saturated rings. The highest BCUT2D eigenvalue weighted by molar-refractivity contribution is 5.79. The number of nitrogens with zero attached hydrogens (tertiary/aromatic N) is 1. The Morgan fingerprint density at radius 3 is 2.33 bits per heavy atom. The number of ether oxygens (including phenoxy) is 1. The number of methoxy groups -OCH3 is 1. The van der Waals surface area contributed by atoms with Gasteiger partial charge in [-0.15, -0.1) is 0 Å². The first kappa shape index (κ1) is 20.9. The molecule has 1 heterocycles. The minimum absolute atomic E-state index is 0.224. The first-order valence-electron chi connectivity index (χ1n) is 8.78.